The number of halogens is 1. The number of hydrogen-bond acceptors (Lipinski definition) is 4. The van der Waals surface area contributed by atoms with Gasteiger partial charge in [0, 0.05) is 17.9 Å². The molecule has 1 unspecified atom stereocenters. The first kappa shape index (κ1) is 17.6. The number of likely N-dealkylation sites (N-methyl/N-ethyl adjacent to an activating group) is 1. The van der Waals surface area contributed by atoms with Crippen molar-refractivity contribution in [2.45, 2.75) is 13.0 Å². The second-order valence-electron chi connectivity index (χ2n) is 4.92. The van der Waals surface area contributed by atoms with Gasteiger partial charge in [0.2, 0.25) is 5.91 Å². The monoisotopic (exact) mass is 316 g/mol. The van der Waals surface area contributed by atoms with Gasteiger partial charge in [0.25, 0.3) is 0 Å². The van der Waals surface area contributed by atoms with Gasteiger partial charge in [0.05, 0.1) is 5.75 Å². The summed E-state index contributed by atoms with van der Waals surface area (Å²) in [4.78, 5) is 13.8. The summed E-state index contributed by atoms with van der Waals surface area (Å²) in [6.07, 6.45) is 0. The minimum Gasteiger partial charge on any atom is -0.353 e. The average Bonchev–Trinajstić information content (AvgIpc) is 2.40. The van der Waals surface area contributed by atoms with Gasteiger partial charge in [-0.3, -0.25) is 9.69 Å². The molecule has 0 radical (unpaired) electrons. The Morgan fingerprint density at radius 3 is 2.48 bits per heavy atom. The molecule has 118 valence electrons. The number of carbonyl (C=O) groups is 1. The number of benzene rings is 1. The van der Waals surface area contributed by atoms with E-state index in [1.165, 1.54) is 6.07 Å². The number of nitrogens with zero attached hydrogens (tertiary/aromatic N) is 1. The van der Waals surface area contributed by atoms with Crippen molar-refractivity contribution >= 4 is 15.7 Å². The SMILES string of the molecule is CCS(=O)(=O)CCNC(=O)C(c1ccccc1F)N(C)C. The van der Waals surface area contributed by atoms with Crippen molar-refractivity contribution in [2.75, 3.05) is 32.1 Å². The number of hydrogen-bond donors (Lipinski definition) is 1. The van der Waals surface area contributed by atoms with Crippen LogP contribution in [0.15, 0.2) is 24.3 Å². The Morgan fingerprint density at radius 2 is 1.95 bits per heavy atom. The van der Waals surface area contributed by atoms with Crippen LogP contribution in [-0.2, 0) is 14.6 Å². The Labute approximate surface area is 125 Å². The zero-order chi connectivity index (χ0) is 16.0. The lowest BCUT2D eigenvalue weighted by Gasteiger charge is -2.24. The molecular weight excluding hydrogens is 295 g/mol. The largest absolute Gasteiger partial charge is 0.353 e. The molecule has 0 saturated carbocycles. The first-order valence-corrected chi connectivity index (χ1v) is 8.49. The fourth-order valence-electron chi connectivity index (χ4n) is 1.92. The maximum Gasteiger partial charge on any atom is 0.242 e. The Hall–Kier alpha value is -1.47. The predicted octanol–water partition coefficient (Wildman–Crippen LogP) is 0.979. The van der Waals surface area contributed by atoms with Gasteiger partial charge in [-0.25, -0.2) is 12.8 Å². The Bertz CT molecular complexity index is 588. The molecule has 1 amide bonds. The van der Waals surface area contributed by atoms with Crippen LogP contribution in [0.2, 0.25) is 0 Å². The van der Waals surface area contributed by atoms with Crippen LogP contribution in [0.1, 0.15) is 18.5 Å². The second kappa shape index (κ2) is 7.51. The summed E-state index contributed by atoms with van der Waals surface area (Å²) >= 11 is 0. The van der Waals surface area contributed by atoms with Crippen molar-refractivity contribution in [2.24, 2.45) is 0 Å². The van der Waals surface area contributed by atoms with Crippen LogP contribution in [0.5, 0.6) is 0 Å². The van der Waals surface area contributed by atoms with Crippen LogP contribution < -0.4 is 5.32 Å². The number of carbonyl (C=O) groups excluding carboxylic acids is 1. The highest BCUT2D eigenvalue weighted by Gasteiger charge is 2.25. The molecule has 5 nitrogen and oxygen atoms in total. The summed E-state index contributed by atoms with van der Waals surface area (Å²) in [5.41, 5.74) is 0.262. The van der Waals surface area contributed by atoms with E-state index >= 15 is 0 Å². The van der Waals surface area contributed by atoms with Gasteiger partial charge in [-0.2, -0.15) is 0 Å². The standard InChI is InChI=1S/C14H21FN2O3S/c1-4-21(19,20)10-9-16-14(18)13(17(2)3)11-7-5-6-8-12(11)15/h5-8,13H,4,9-10H2,1-3H3,(H,16,18). The van der Waals surface area contributed by atoms with E-state index in [0.29, 0.717) is 0 Å². The molecular formula is C14H21FN2O3S. The molecule has 0 bridgehead atoms. The smallest absolute Gasteiger partial charge is 0.242 e. The normalized spacial score (nSPS) is 13.2. The third-order valence-corrected chi connectivity index (χ3v) is 4.82. The highest BCUT2D eigenvalue weighted by Crippen LogP contribution is 2.21. The molecule has 1 aromatic rings. The van der Waals surface area contributed by atoms with E-state index in [1.54, 1.807) is 44.1 Å². The van der Waals surface area contributed by atoms with Gasteiger partial charge in [0.1, 0.15) is 11.9 Å². The van der Waals surface area contributed by atoms with E-state index in [2.05, 4.69) is 5.32 Å². The van der Waals surface area contributed by atoms with Crippen molar-refractivity contribution in [3.8, 4) is 0 Å². The number of amides is 1. The number of rotatable bonds is 7. The lowest BCUT2D eigenvalue weighted by Crippen LogP contribution is -2.39. The van der Waals surface area contributed by atoms with E-state index in [9.17, 15) is 17.6 Å². The number of sulfone groups is 1. The van der Waals surface area contributed by atoms with E-state index in [0.717, 1.165) is 0 Å². The van der Waals surface area contributed by atoms with Crippen molar-refractivity contribution in [1.82, 2.24) is 10.2 Å². The predicted molar refractivity (Wildman–Crippen MR) is 80.2 cm³/mol. The third kappa shape index (κ3) is 5.09. The molecule has 0 aliphatic rings. The highest BCUT2D eigenvalue weighted by molar-refractivity contribution is 7.91. The van der Waals surface area contributed by atoms with Gasteiger partial charge >= 0.3 is 0 Å². The van der Waals surface area contributed by atoms with Crippen LogP contribution in [-0.4, -0.2) is 51.4 Å². The molecule has 0 aromatic heterocycles. The van der Waals surface area contributed by atoms with Crippen LogP contribution in [0.25, 0.3) is 0 Å². The first-order chi connectivity index (χ1) is 9.78. The molecule has 1 rings (SSSR count). The second-order valence-corrected chi connectivity index (χ2v) is 7.39. The lowest BCUT2D eigenvalue weighted by molar-refractivity contribution is -0.125. The zero-order valence-corrected chi connectivity index (χ0v) is 13.3. The molecule has 1 aromatic carbocycles. The van der Waals surface area contributed by atoms with Gasteiger partial charge in [-0.15, -0.1) is 0 Å². The van der Waals surface area contributed by atoms with Crippen LogP contribution in [0.4, 0.5) is 4.39 Å². The van der Waals surface area contributed by atoms with Gasteiger partial charge in [0.15, 0.2) is 9.84 Å². The zero-order valence-electron chi connectivity index (χ0n) is 12.5. The molecule has 0 aliphatic heterocycles. The van der Waals surface area contributed by atoms with Gasteiger partial charge in [-0.1, -0.05) is 25.1 Å². The molecule has 21 heavy (non-hydrogen) atoms. The van der Waals surface area contributed by atoms with Crippen molar-refractivity contribution in [3.63, 3.8) is 0 Å². The maximum atomic E-state index is 13.8. The lowest BCUT2D eigenvalue weighted by atomic mass is 10.0. The number of nitrogens with one attached hydrogen (secondary N) is 1. The summed E-state index contributed by atoms with van der Waals surface area (Å²) in [5, 5.41) is 2.55. The van der Waals surface area contributed by atoms with Crippen molar-refractivity contribution < 1.29 is 17.6 Å². The van der Waals surface area contributed by atoms with Crippen LogP contribution in [0.3, 0.4) is 0 Å². The summed E-state index contributed by atoms with van der Waals surface area (Å²) in [6, 6.07) is 5.25. The molecule has 0 heterocycles. The average molecular weight is 316 g/mol. The summed E-state index contributed by atoms with van der Waals surface area (Å²) < 4.78 is 36.6. The van der Waals surface area contributed by atoms with E-state index in [1.807, 2.05) is 0 Å². The summed E-state index contributed by atoms with van der Waals surface area (Å²) in [5.74, 6) is -0.969. The summed E-state index contributed by atoms with van der Waals surface area (Å²) in [6.45, 7) is 1.58. The quantitative estimate of drug-likeness (QED) is 0.814. The fraction of sp³-hybridized carbons (Fsp3) is 0.500. The minimum absolute atomic E-state index is 0.0216. The van der Waals surface area contributed by atoms with Gasteiger partial charge < -0.3 is 5.32 Å². The Balaban J connectivity index is 2.79. The topological polar surface area (TPSA) is 66.5 Å². The highest BCUT2D eigenvalue weighted by atomic mass is 32.2. The van der Waals surface area contributed by atoms with E-state index in [4.69, 9.17) is 0 Å². The maximum absolute atomic E-state index is 13.8. The molecule has 7 heteroatoms. The third-order valence-electron chi connectivity index (χ3n) is 3.12. The summed E-state index contributed by atoms with van der Waals surface area (Å²) in [7, 11) is 0.196. The molecule has 0 fully saturated rings. The van der Waals surface area contributed by atoms with E-state index in [-0.39, 0.29) is 23.6 Å². The van der Waals surface area contributed by atoms with Crippen molar-refractivity contribution in [1.29, 1.82) is 0 Å². The Kier molecular flexibility index (Phi) is 6.29. The molecule has 1 atom stereocenters. The van der Waals surface area contributed by atoms with Crippen LogP contribution >= 0.6 is 0 Å². The fourth-order valence-corrected chi connectivity index (χ4v) is 2.62. The van der Waals surface area contributed by atoms with Crippen molar-refractivity contribution in [3.05, 3.63) is 35.6 Å². The molecule has 0 aliphatic carbocycles. The molecule has 0 saturated heterocycles. The first-order valence-electron chi connectivity index (χ1n) is 6.67. The molecule has 0 spiro atoms. The molecule has 1 N–H and O–H groups in total. The minimum atomic E-state index is -3.14. The van der Waals surface area contributed by atoms with Gasteiger partial charge in [-0.05, 0) is 20.2 Å². The van der Waals surface area contributed by atoms with E-state index < -0.39 is 27.6 Å². The van der Waals surface area contributed by atoms with Crippen LogP contribution in [0, 0.1) is 5.82 Å². The Morgan fingerprint density at radius 1 is 1.33 bits per heavy atom.